The largest absolute Gasteiger partial charge is 0.486 e. The predicted octanol–water partition coefficient (Wildman–Crippen LogP) is 3.12. The van der Waals surface area contributed by atoms with Crippen molar-refractivity contribution in [3.05, 3.63) is 40.4 Å². The quantitative estimate of drug-likeness (QED) is 0.586. The Morgan fingerprint density at radius 1 is 1.12 bits per heavy atom. The van der Waals surface area contributed by atoms with Gasteiger partial charge in [0.25, 0.3) is 5.91 Å². The smallest absolute Gasteiger partial charge is 0.328 e. The fraction of sp³-hybridized carbons (Fsp3) is 0.522. The molecule has 2 fully saturated rings. The number of carbonyl (C=O) groups is 3. The van der Waals surface area contributed by atoms with Crippen LogP contribution in [-0.4, -0.2) is 63.7 Å². The number of halogens is 1. The van der Waals surface area contributed by atoms with E-state index in [-0.39, 0.29) is 17.6 Å². The van der Waals surface area contributed by atoms with Crippen LogP contribution in [0.3, 0.4) is 0 Å². The molecule has 2 bridgehead atoms. The van der Waals surface area contributed by atoms with Crippen LogP contribution in [0.5, 0.6) is 5.75 Å². The Hall–Kier alpha value is -2.58. The van der Waals surface area contributed by atoms with Crippen LogP contribution in [0.25, 0.3) is 0 Å². The lowest BCUT2D eigenvalue weighted by molar-refractivity contribution is -0.134. The molecule has 2 saturated heterocycles. The van der Waals surface area contributed by atoms with Crippen molar-refractivity contribution in [2.24, 2.45) is 0 Å². The van der Waals surface area contributed by atoms with Crippen molar-refractivity contribution in [1.82, 2.24) is 10.2 Å². The molecule has 3 N–H and O–H groups in total. The molecule has 2 atom stereocenters. The lowest BCUT2D eigenvalue weighted by atomic mass is 9.97. The van der Waals surface area contributed by atoms with Gasteiger partial charge in [0.2, 0.25) is 0 Å². The Kier molecular flexibility index (Phi) is 7.15. The second-order valence-corrected chi connectivity index (χ2v) is 9.62. The second kappa shape index (κ2) is 9.50. The summed E-state index contributed by atoms with van der Waals surface area (Å²) in [6, 6.07) is 5.11. The van der Waals surface area contributed by atoms with Crippen molar-refractivity contribution >= 4 is 29.4 Å². The van der Waals surface area contributed by atoms with Gasteiger partial charge in [0.1, 0.15) is 11.4 Å². The van der Waals surface area contributed by atoms with Crippen molar-refractivity contribution in [3.63, 3.8) is 0 Å². The number of fused-ring (bicyclic) bond motifs is 3. The van der Waals surface area contributed by atoms with Crippen molar-refractivity contribution in [3.8, 4) is 5.75 Å². The predicted molar refractivity (Wildman–Crippen MR) is 119 cm³/mol. The third-order valence-corrected chi connectivity index (χ3v) is 6.39. The first-order chi connectivity index (χ1) is 14.9. The van der Waals surface area contributed by atoms with Gasteiger partial charge in [-0.15, -0.1) is 0 Å². The van der Waals surface area contributed by atoms with Crippen LogP contribution in [-0.2, 0) is 16.0 Å². The van der Waals surface area contributed by atoms with E-state index in [4.69, 9.17) is 26.6 Å². The molecule has 3 aliphatic rings. The van der Waals surface area contributed by atoms with Crippen LogP contribution in [0.15, 0.2) is 24.3 Å². The van der Waals surface area contributed by atoms with Crippen molar-refractivity contribution in [2.75, 3.05) is 7.05 Å². The Balaban J connectivity index is 0.000000312. The summed E-state index contributed by atoms with van der Waals surface area (Å²) in [5.41, 5.74) is 1.32. The van der Waals surface area contributed by atoms with E-state index in [1.165, 1.54) is 12.8 Å². The fourth-order valence-corrected chi connectivity index (χ4v) is 5.02. The molecule has 0 aliphatic carbocycles. The molecule has 9 heteroatoms. The van der Waals surface area contributed by atoms with E-state index in [9.17, 15) is 14.4 Å². The number of carbonyl (C=O) groups excluding carboxylic acids is 1. The highest BCUT2D eigenvalue weighted by Crippen LogP contribution is 2.40. The minimum atomic E-state index is -1.26. The maximum atomic E-state index is 12.9. The van der Waals surface area contributed by atoms with Crippen molar-refractivity contribution in [1.29, 1.82) is 0 Å². The number of hydrogen-bond acceptors (Lipinski definition) is 5. The van der Waals surface area contributed by atoms with Crippen molar-refractivity contribution < 1.29 is 29.3 Å². The van der Waals surface area contributed by atoms with Gasteiger partial charge in [0.15, 0.2) is 0 Å². The summed E-state index contributed by atoms with van der Waals surface area (Å²) in [6.07, 6.45) is 6.46. The summed E-state index contributed by atoms with van der Waals surface area (Å²) in [7, 11) is 2.21. The topological polar surface area (TPSA) is 116 Å². The molecular formula is C23H29ClN2O6. The van der Waals surface area contributed by atoms with Gasteiger partial charge in [0.05, 0.1) is 5.56 Å². The summed E-state index contributed by atoms with van der Waals surface area (Å²) < 4.78 is 6.03. The van der Waals surface area contributed by atoms with Gasteiger partial charge in [-0.2, -0.15) is 0 Å². The molecule has 8 nitrogen and oxygen atoms in total. The van der Waals surface area contributed by atoms with Gasteiger partial charge in [-0.05, 0) is 58.7 Å². The third-order valence-electron chi connectivity index (χ3n) is 6.17. The van der Waals surface area contributed by atoms with Gasteiger partial charge in [-0.1, -0.05) is 11.6 Å². The SMILES string of the molecule is CN1C2CCC1CC(NC(=O)c1cc(Cl)cc3c1OC(C)(C)C3)C2.O=C(O)/C=C\C(=O)O. The number of ether oxygens (including phenoxy) is 1. The van der Waals surface area contributed by atoms with E-state index in [2.05, 4.69) is 17.3 Å². The number of carboxylic acids is 2. The first-order valence-corrected chi connectivity index (χ1v) is 11.0. The first-order valence-electron chi connectivity index (χ1n) is 10.6. The minimum Gasteiger partial charge on any atom is -0.486 e. The van der Waals surface area contributed by atoms with Crippen LogP contribution < -0.4 is 10.1 Å². The number of piperidine rings is 1. The highest BCUT2D eigenvalue weighted by atomic mass is 35.5. The third kappa shape index (κ3) is 5.81. The molecule has 0 saturated carbocycles. The Bertz CT molecular complexity index is 915. The Labute approximate surface area is 192 Å². The lowest BCUT2D eigenvalue weighted by Gasteiger charge is -2.36. The van der Waals surface area contributed by atoms with Gasteiger partial charge in [-0.3, -0.25) is 4.79 Å². The molecule has 32 heavy (non-hydrogen) atoms. The van der Waals surface area contributed by atoms with Crippen molar-refractivity contribution in [2.45, 2.75) is 69.7 Å². The van der Waals surface area contributed by atoms with Gasteiger partial charge in [-0.25, -0.2) is 9.59 Å². The number of rotatable bonds is 4. The maximum Gasteiger partial charge on any atom is 0.328 e. The van der Waals surface area contributed by atoms with E-state index in [0.717, 1.165) is 24.8 Å². The Morgan fingerprint density at radius 3 is 2.22 bits per heavy atom. The monoisotopic (exact) mass is 464 g/mol. The molecule has 3 aliphatic heterocycles. The summed E-state index contributed by atoms with van der Waals surface area (Å²) >= 11 is 6.24. The number of carboxylic acid groups (broad SMARTS) is 2. The molecule has 1 amide bonds. The van der Waals surface area contributed by atoms with E-state index < -0.39 is 11.9 Å². The molecule has 3 heterocycles. The van der Waals surface area contributed by atoms with Crippen LogP contribution >= 0.6 is 11.6 Å². The number of hydrogen-bond donors (Lipinski definition) is 3. The second-order valence-electron chi connectivity index (χ2n) is 9.18. The molecule has 0 aromatic heterocycles. The number of amides is 1. The Morgan fingerprint density at radius 2 is 1.69 bits per heavy atom. The average Bonchev–Trinajstić information content (AvgIpc) is 3.08. The van der Waals surface area contributed by atoms with Crippen LogP contribution in [0.2, 0.25) is 5.02 Å². The molecule has 4 rings (SSSR count). The number of nitrogens with zero attached hydrogens (tertiary/aromatic N) is 1. The molecule has 174 valence electrons. The lowest BCUT2D eigenvalue weighted by Crippen LogP contribution is -2.48. The zero-order valence-corrected chi connectivity index (χ0v) is 19.2. The molecule has 0 radical (unpaired) electrons. The van der Waals surface area contributed by atoms with E-state index in [1.54, 1.807) is 6.07 Å². The summed E-state index contributed by atoms with van der Waals surface area (Å²) in [6.45, 7) is 4.08. The molecule has 0 spiro atoms. The standard InChI is InChI=1S/C19H25ClN2O2.C4H4O4/c1-19(2)10-11-6-12(20)7-16(17(11)24-19)18(23)21-13-8-14-4-5-15(9-13)22(14)3;5-3(6)1-2-4(7)8/h6-7,13-15H,4-5,8-10H2,1-3H3,(H,21,23);1-2H,(H,5,6)(H,7,8)/b;2-1-. The summed E-state index contributed by atoms with van der Waals surface area (Å²) in [5.74, 6) is -1.86. The fourth-order valence-electron chi connectivity index (χ4n) is 4.78. The first kappa shape index (κ1) is 24.1. The molecule has 1 aromatic carbocycles. The normalized spacial score (nSPS) is 25.4. The van der Waals surface area contributed by atoms with Gasteiger partial charge >= 0.3 is 11.9 Å². The van der Waals surface area contributed by atoms with E-state index in [0.29, 0.717) is 40.6 Å². The summed E-state index contributed by atoms with van der Waals surface area (Å²) in [5, 5.41) is 19.5. The minimum absolute atomic E-state index is 0.0552. The molecule has 2 unspecified atom stereocenters. The number of benzene rings is 1. The zero-order valence-electron chi connectivity index (χ0n) is 18.4. The van der Waals surface area contributed by atoms with Crippen LogP contribution in [0.1, 0.15) is 55.5 Å². The van der Waals surface area contributed by atoms with E-state index in [1.807, 2.05) is 19.9 Å². The van der Waals surface area contributed by atoms with Crippen LogP contribution in [0, 0.1) is 0 Å². The molecule has 1 aromatic rings. The molecular weight excluding hydrogens is 436 g/mol. The van der Waals surface area contributed by atoms with Gasteiger partial charge in [0, 0.05) is 47.3 Å². The number of aliphatic carboxylic acids is 2. The highest BCUT2D eigenvalue weighted by Gasteiger charge is 2.40. The highest BCUT2D eigenvalue weighted by molar-refractivity contribution is 6.31. The maximum absolute atomic E-state index is 12.9. The average molecular weight is 465 g/mol. The van der Waals surface area contributed by atoms with Gasteiger partial charge < -0.3 is 25.2 Å². The number of nitrogens with one attached hydrogen (secondary N) is 1. The zero-order chi connectivity index (χ0) is 23.6. The summed E-state index contributed by atoms with van der Waals surface area (Å²) in [4.78, 5) is 34.5. The van der Waals surface area contributed by atoms with E-state index >= 15 is 0 Å². The van der Waals surface area contributed by atoms with Crippen LogP contribution in [0.4, 0.5) is 0 Å².